The standard InChI is InChI=1S/C25H31N3O2S.ClH/c1-18-8-9-19(2)21(16-18)17-23(29)28(11-5-10-27-12-14-30-15-13-27)25-26-24-20(3)6-4-7-22(24)31-25;/h4,6-9,16H,5,10-15,17H2,1-3H3;1H. The first-order valence-corrected chi connectivity index (χ1v) is 11.9. The van der Waals surface area contributed by atoms with E-state index in [1.807, 2.05) is 4.90 Å². The molecule has 4 rings (SSSR count). The van der Waals surface area contributed by atoms with Crippen LogP contribution in [0.2, 0.25) is 0 Å². The molecule has 1 fully saturated rings. The number of hydrogen-bond acceptors (Lipinski definition) is 5. The van der Waals surface area contributed by atoms with E-state index in [4.69, 9.17) is 9.72 Å². The van der Waals surface area contributed by atoms with Crippen LogP contribution in [0, 0.1) is 20.8 Å². The third-order valence-electron chi connectivity index (χ3n) is 5.95. The molecule has 0 spiro atoms. The second-order valence-corrected chi connectivity index (χ2v) is 9.39. The Labute approximate surface area is 200 Å². The highest BCUT2D eigenvalue weighted by atomic mass is 35.5. The first-order chi connectivity index (χ1) is 15.0. The molecule has 0 bridgehead atoms. The van der Waals surface area contributed by atoms with Crippen LogP contribution >= 0.6 is 23.7 Å². The molecule has 1 saturated heterocycles. The van der Waals surface area contributed by atoms with Crippen molar-refractivity contribution in [2.24, 2.45) is 0 Å². The highest BCUT2D eigenvalue weighted by Gasteiger charge is 2.21. The zero-order valence-electron chi connectivity index (χ0n) is 19.1. The van der Waals surface area contributed by atoms with Crippen LogP contribution in [0.5, 0.6) is 0 Å². The van der Waals surface area contributed by atoms with E-state index >= 15 is 0 Å². The van der Waals surface area contributed by atoms with Crippen molar-refractivity contribution in [3.05, 3.63) is 58.7 Å². The summed E-state index contributed by atoms with van der Waals surface area (Å²) in [5.41, 5.74) is 5.59. The van der Waals surface area contributed by atoms with Crippen LogP contribution in [0.1, 0.15) is 28.7 Å². The summed E-state index contributed by atoms with van der Waals surface area (Å²) < 4.78 is 6.58. The lowest BCUT2D eigenvalue weighted by molar-refractivity contribution is -0.118. The van der Waals surface area contributed by atoms with Crippen molar-refractivity contribution in [3.63, 3.8) is 0 Å². The molecule has 0 aliphatic carbocycles. The average Bonchev–Trinajstić information content (AvgIpc) is 3.20. The predicted octanol–water partition coefficient (Wildman–Crippen LogP) is 4.94. The molecule has 2 heterocycles. The van der Waals surface area contributed by atoms with Crippen molar-refractivity contribution >= 4 is 45.0 Å². The molecule has 3 aromatic rings. The van der Waals surface area contributed by atoms with E-state index in [1.165, 1.54) is 5.56 Å². The number of ether oxygens (including phenoxy) is 1. The molecule has 2 aromatic carbocycles. The lowest BCUT2D eigenvalue weighted by Crippen LogP contribution is -2.39. The second kappa shape index (κ2) is 11.2. The number of benzene rings is 2. The predicted molar refractivity (Wildman–Crippen MR) is 135 cm³/mol. The summed E-state index contributed by atoms with van der Waals surface area (Å²) in [5.74, 6) is 0.118. The quantitative estimate of drug-likeness (QED) is 0.487. The summed E-state index contributed by atoms with van der Waals surface area (Å²) in [6.45, 7) is 11.4. The summed E-state index contributed by atoms with van der Waals surface area (Å²) in [6, 6.07) is 12.5. The largest absolute Gasteiger partial charge is 0.379 e. The molecule has 0 N–H and O–H groups in total. The maximum Gasteiger partial charge on any atom is 0.233 e. The van der Waals surface area contributed by atoms with Gasteiger partial charge in [0.15, 0.2) is 5.13 Å². The van der Waals surface area contributed by atoms with Gasteiger partial charge in [-0.3, -0.25) is 14.6 Å². The lowest BCUT2D eigenvalue weighted by atomic mass is 10.0. The molecular formula is C25H32ClN3O2S. The first kappa shape index (κ1) is 24.6. The summed E-state index contributed by atoms with van der Waals surface area (Å²) in [4.78, 5) is 22.7. The maximum atomic E-state index is 13.5. The third kappa shape index (κ3) is 5.87. The Kier molecular flexibility index (Phi) is 8.65. The highest BCUT2D eigenvalue weighted by molar-refractivity contribution is 7.22. The van der Waals surface area contributed by atoms with Crippen LogP contribution in [0.3, 0.4) is 0 Å². The van der Waals surface area contributed by atoms with E-state index in [1.54, 1.807) is 11.3 Å². The Hall–Kier alpha value is -1.99. The number of fused-ring (bicyclic) bond motifs is 1. The normalized spacial score (nSPS) is 14.3. The first-order valence-electron chi connectivity index (χ1n) is 11.0. The van der Waals surface area contributed by atoms with Crippen molar-refractivity contribution in [1.29, 1.82) is 0 Å². The molecule has 0 saturated carbocycles. The van der Waals surface area contributed by atoms with Gasteiger partial charge < -0.3 is 4.74 Å². The fraction of sp³-hybridized carbons (Fsp3) is 0.440. The number of para-hydroxylation sites is 1. The van der Waals surface area contributed by atoms with Crippen molar-refractivity contribution < 1.29 is 9.53 Å². The molecule has 172 valence electrons. The third-order valence-corrected chi connectivity index (χ3v) is 6.99. The number of carbonyl (C=O) groups excluding carboxylic acids is 1. The van der Waals surface area contributed by atoms with Crippen LogP contribution in [0.25, 0.3) is 10.2 Å². The number of anilines is 1. The number of amides is 1. The van der Waals surface area contributed by atoms with Gasteiger partial charge in [-0.05, 0) is 49.9 Å². The van der Waals surface area contributed by atoms with Crippen molar-refractivity contribution in [2.75, 3.05) is 44.3 Å². The molecule has 7 heteroatoms. The monoisotopic (exact) mass is 473 g/mol. The Bertz CT molecular complexity index is 1060. The van der Waals surface area contributed by atoms with E-state index in [2.05, 4.69) is 62.1 Å². The van der Waals surface area contributed by atoms with Gasteiger partial charge >= 0.3 is 0 Å². The second-order valence-electron chi connectivity index (χ2n) is 8.38. The van der Waals surface area contributed by atoms with Crippen molar-refractivity contribution in [2.45, 2.75) is 33.6 Å². The molecule has 0 atom stereocenters. The Morgan fingerprint density at radius 2 is 1.91 bits per heavy atom. The zero-order valence-corrected chi connectivity index (χ0v) is 20.7. The Morgan fingerprint density at radius 1 is 1.12 bits per heavy atom. The van der Waals surface area contributed by atoms with Gasteiger partial charge in [0.25, 0.3) is 0 Å². The molecule has 1 aromatic heterocycles. The minimum Gasteiger partial charge on any atom is -0.379 e. The molecule has 1 aliphatic rings. The Morgan fingerprint density at radius 3 is 2.66 bits per heavy atom. The van der Waals surface area contributed by atoms with E-state index in [0.717, 1.165) is 71.3 Å². The van der Waals surface area contributed by atoms with Gasteiger partial charge in [-0.25, -0.2) is 4.98 Å². The van der Waals surface area contributed by atoms with Crippen LogP contribution in [-0.2, 0) is 16.0 Å². The van der Waals surface area contributed by atoms with Gasteiger partial charge in [0.1, 0.15) is 0 Å². The average molecular weight is 474 g/mol. The number of carbonyl (C=O) groups is 1. The molecule has 1 amide bonds. The number of aryl methyl sites for hydroxylation is 3. The molecule has 0 unspecified atom stereocenters. The number of nitrogens with zero attached hydrogens (tertiary/aromatic N) is 3. The highest BCUT2D eigenvalue weighted by Crippen LogP contribution is 2.31. The summed E-state index contributed by atoms with van der Waals surface area (Å²) >= 11 is 1.61. The lowest BCUT2D eigenvalue weighted by Gasteiger charge is -2.28. The number of thiazole rings is 1. The number of hydrogen-bond donors (Lipinski definition) is 0. The van der Waals surface area contributed by atoms with Gasteiger partial charge in [0.2, 0.25) is 5.91 Å². The van der Waals surface area contributed by atoms with Gasteiger partial charge in [-0.15, -0.1) is 12.4 Å². The maximum absolute atomic E-state index is 13.5. The van der Waals surface area contributed by atoms with E-state index in [0.29, 0.717) is 13.0 Å². The van der Waals surface area contributed by atoms with Crippen LogP contribution in [-0.4, -0.2) is 55.2 Å². The minimum atomic E-state index is 0. The van der Waals surface area contributed by atoms with Crippen LogP contribution in [0.15, 0.2) is 36.4 Å². The topological polar surface area (TPSA) is 45.7 Å². The van der Waals surface area contributed by atoms with Crippen LogP contribution in [0.4, 0.5) is 5.13 Å². The van der Waals surface area contributed by atoms with Crippen molar-refractivity contribution in [3.8, 4) is 0 Å². The van der Waals surface area contributed by atoms with Gasteiger partial charge in [0, 0.05) is 26.2 Å². The van der Waals surface area contributed by atoms with E-state index < -0.39 is 0 Å². The fourth-order valence-corrected chi connectivity index (χ4v) is 5.13. The fourth-order valence-electron chi connectivity index (χ4n) is 4.04. The number of halogens is 1. The Balaban J connectivity index is 0.00000289. The molecule has 1 aliphatic heterocycles. The molecule has 32 heavy (non-hydrogen) atoms. The van der Waals surface area contributed by atoms with Crippen molar-refractivity contribution in [1.82, 2.24) is 9.88 Å². The van der Waals surface area contributed by atoms with E-state index in [-0.39, 0.29) is 18.3 Å². The van der Waals surface area contributed by atoms with E-state index in [9.17, 15) is 4.79 Å². The smallest absolute Gasteiger partial charge is 0.233 e. The summed E-state index contributed by atoms with van der Waals surface area (Å²) in [6.07, 6.45) is 1.33. The summed E-state index contributed by atoms with van der Waals surface area (Å²) in [7, 11) is 0. The SMILES string of the molecule is Cc1ccc(C)c(CC(=O)N(CCCN2CCOCC2)c2nc3c(C)cccc3s2)c1.Cl. The van der Waals surface area contributed by atoms with Gasteiger partial charge in [-0.1, -0.05) is 47.2 Å². The minimum absolute atomic E-state index is 0. The van der Waals surface area contributed by atoms with Crippen LogP contribution < -0.4 is 4.90 Å². The number of morpholine rings is 1. The number of aromatic nitrogens is 1. The van der Waals surface area contributed by atoms with Gasteiger partial charge in [0.05, 0.1) is 29.9 Å². The molecule has 0 radical (unpaired) electrons. The number of rotatable bonds is 7. The summed E-state index contributed by atoms with van der Waals surface area (Å²) in [5, 5.41) is 0.807. The molecular weight excluding hydrogens is 442 g/mol. The zero-order chi connectivity index (χ0) is 21.8. The van der Waals surface area contributed by atoms with Gasteiger partial charge in [-0.2, -0.15) is 0 Å². The molecule has 5 nitrogen and oxygen atoms in total.